The number of ketones is 1. The van der Waals surface area contributed by atoms with Crippen LogP contribution >= 0.6 is 0 Å². The van der Waals surface area contributed by atoms with E-state index in [4.69, 9.17) is 18.9 Å². The third-order valence-corrected chi connectivity index (χ3v) is 5.01. The van der Waals surface area contributed by atoms with Crippen LogP contribution in [0.5, 0.6) is 0 Å². The Balaban J connectivity index is 1.89. The lowest BCUT2D eigenvalue weighted by atomic mass is 9.87. The topological polar surface area (TPSA) is 84.7 Å². The van der Waals surface area contributed by atoms with E-state index < -0.39 is 0 Å². The monoisotopic (exact) mass is 427 g/mol. The van der Waals surface area contributed by atoms with Crippen molar-refractivity contribution in [3.8, 4) is 0 Å². The van der Waals surface area contributed by atoms with Gasteiger partial charge in [0.05, 0.1) is 65.1 Å². The van der Waals surface area contributed by atoms with E-state index in [2.05, 4.69) is 31.1 Å². The maximum absolute atomic E-state index is 11.7. The Kier molecular flexibility index (Phi) is 12.3. The molecule has 0 fully saturated rings. The summed E-state index contributed by atoms with van der Waals surface area (Å²) >= 11 is 0. The average Bonchev–Trinajstić information content (AvgIpc) is 3.17. The molecule has 0 aliphatic carbocycles. The predicted octanol–water partition coefficient (Wildman–Crippen LogP) is 3.04. The fourth-order valence-electron chi connectivity index (χ4n) is 2.36. The first-order valence-corrected chi connectivity index (χ1v) is 10.9. The van der Waals surface area contributed by atoms with Crippen molar-refractivity contribution >= 4 is 5.78 Å². The van der Waals surface area contributed by atoms with Gasteiger partial charge < -0.3 is 18.9 Å². The zero-order chi connectivity index (χ0) is 22.5. The van der Waals surface area contributed by atoms with Crippen LogP contribution in [-0.4, -0.2) is 73.6 Å². The molecule has 174 valence electrons. The summed E-state index contributed by atoms with van der Waals surface area (Å²) in [4.78, 5) is 11.7. The summed E-state index contributed by atoms with van der Waals surface area (Å²) in [7, 11) is 0. The van der Waals surface area contributed by atoms with E-state index in [-0.39, 0.29) is 16.6 Å². The van der Waals surface area contributed by atoms with Gasteiger partial charge in [0, 0.05) is 23.4 Å². The predicted molar refractivity (Wildman–Crippen MR) is 116 cm³/mol. The van der Waals surface area contributed by atoms with E-state index in [1.807, 2.05) is 31.6 Å². The lowest BCUT2D eigenvalue weighted by Crippen LogP contribution is -2.22. The normalized spacial score (nSPS) is 12.5. The van der Waals surface area contributed by atoms with Crippen molar-refractivity contribution in [3.63, 3.8) is 0 Å². The highest BCUT2D eigenvalue weighted by molar-refractivity contribution is 5.83. The van der Waals surface area contributed by atoms with Gasteiger partial charge in [-0.1, -0.05) is 46.8 Å². The molecule has 0 aliphatic heterocycles. The van der Waals surface area contributed by atoms with E-state index in [9.17, 15) is 4.79 Å². The fourth-order valence-corrected chi connectivity index (χ4v) is 2.36. The first-order valence-electron chi connectivity index (χ1n) is 10.9. The van der Waals surface area contributed by atoms with Gasteiger partial charge in [-0.15, -0.1) is 5.10 Å². The second-order valence-corrected chi connectivity index (χ2v) is 8.98. The molecular formula is C22H41N3O5. The molecule has 0 bridgehead atoms. The molecule has 1 aromatic heterocycles. The van der Waals surface area contributed by atoms with Crippen LogP contribution in [0.25, 0.3) is 0 Å². The minimum absolute atomic E-state index is 0.0481. The van der Waals surface area contributed by atoms with Crippen molar-refractivity contribution in [2.75, 3.05) is 52.9 Å². The smallest absolute Gasteiger partial charge is 0.140 e. The molecule has 0 aromatic carbocycles. The van der Waals surface area contributed by atoms with Crippen LogP contribution < -0.4 is 0 Å². The van der Waals surface area contributed by atoms with Gasteiger partial charge in [-0.05, 0) is 6.42 Å². The quantitative estimate of drug-likeness (QED) is 0.353. The Morgan fingerprint density at radius 3 is 1.87 bits per heavy atom. The largest absolute Gasteiger partial charge is 0.379 e. The molecule has 0 saturated carbocycles. The van der Waals surface area contributed by atoms with Crippen LogP contribution in [0.4, 0.5) is 0 Å². The average molecular weight is 428 g/mol. The number of aromatic nitrogens is 3. The van der Waals surface area contributed by atoms with Crippen LogP contribution in [0.3, 0.4) is 0 Å². The van der Waals surface area contributed by atoms with Crippen LogP contribution in [0, 0.1) is 5.41 Å². The van der Waals surface area contributed by atoms with Crippen molar-refractivity contribution in [2.24, 2.45) is 5.41 Å². The summed E-state index contributed by atoms with van der Waals surface area (Å²) in [6, 6.07) is 0. The second-order valence-electron chi connectivity index (χ2n) is 8.98. The number of hydrogen-bond acceptors (Lipinski definition) is 7. The molecule has 0 radical (unpaired) electrons. The van der Waals surface area contributed by atoms with Crippen LogP contribution in [0.2, 0.25) is 0 Å². The molecule has 0 N–H and O–H groups in total. The Hall–Kier alpha value is -1.35. The van der Waals surface area contributed by atoms with Crippen molar-refractivity contribution in [3.05, 3.63) is 11.9 Å². The molecule has 0 atom stereocenters. The van der Waals surface area contributed by atoms with Crippen LogP contribution in [0.15, 0.2) is 6.20 Å². The summed E-state index contributed by atoms with van der Waals surface area (Å²) in [6.07, 6.45) is 3.46. The zero-order valence-electron chi connectivity index (χ0n) is 19.7. The van der Waals surface area contributed by atoms with Crippen LogP contribution in [-0.2, 0) is 35.7 Å². The van der Waals surface area contributed by atoms with Crippen molar-refractivity contribution in [1.82, 2.24) is 15.0 Å². The summed E-state index contributed by atoms with van der Waals surface area (Å²) in [5, 5.41) is 8.41. The molecule has 30 heavy (non-hydrogen) atoms. The lowest BCUT2D eigenvalue weighted by Gasteiger charge is -2.18. The van der Waals surface area contributed by atoms with E-state index in [0.29, 0.717) is 65.8 Å². The number of Topliss-reactive ketones (excluding diaryl/α,β-unsaturated/α-hetero) is 1. The standard InChI is InChI=1S/C22H41N3O5/c1-7-22(5,6)19-18-25(24-23-19)9-11-28-13-15-30-17-16-29-14-12-27-10-8-20(26)21(2,3)4/h18H,7-17H2,1-6H3. The molecule has 0 unspecified atom stereocenters. The third kappa shape index (κ3) is 11.2. The molecule has 0 saturated heterocycles. The molecule has 8 nitrogen and oxygen atoms in total. The van der Waals surface area contributed by atoms with Gasteiger partial charge in [-0.25, -0.2) is 4.68 Å². The third-order valence-electron chi connectivity index (χ3n) is 5.01. The summed E-state index contributed by atoms with van der Waals surface area (Å²) in [5.74, 6) is 0.213. The molecule has 8 heteroatoms. The highest BCUT2D eigenvalue weighted by atomic mass is 16.6. The van der Waals surface area contributed by atoms with Gasteiger partial charge in [0.25, 0.3) is 0 Å². The second kappa shape index (κ2) is 13.9. The van der Waals surface area contributed by atoms with Gasteiger partial charge in [-0.3, -0.25) is 4.79 Å². The first-order chi connectivity index (χ1) is 14.2. The van der Waals surface area contributed by atoms with Gasteiger partial charge in [0.2, 0.25) is 0 Å². The van der Waals surface area contributed by atoms with Crippen molar-refractivity contribution < 1.29 is 23.7 Å². The Bertz CT molecular complexity index is 596. The molecular weight excluding hydrogens is 386 g/mol. The van der Waals surface area contributed by atoms with Gasteiger partial charge in [0.15, 0.2) is 0 Å². The Morgan fingerprint density at radius 2 is 1.37 bits per heavy atom. The highest BCUT2D eigenvalue weighted by Crippen LogP contribution is 2.23. The molecule has 1 heterocycles. The minimum atomic E-state index is -0.299. The highest BCUT2D eigenvalue weighted by Gasteiger charge is 2.22. The maximum atomic E-state index is 11.7. The number of hydrogen-bond donors (Lipinski definition) is 0. The summed E-state index contributed by atoms with van der Waals surface area (Å²) < 4.78 is 23.7. The number of ether oxygens (including phenoxy) is 4. The van der Waals surface area contributed by atoms with E-state index >= 15 is 0 Å². The number of rotatable bonds is 17. The Morgan fingerprint density at radius 1 is 0.867 bits per heavy atom. The zero-order valence-corrected chi connectivity index (χ0v) is 19.7. The fraction of sp³-hybridized carbons (Fsp3) is 0.864. The molecule has 0 spiro atoms. The van der Waals surface area contributed by atoms with Crippen molar-refractivity contribution in [2.45, 2.75) is 66.3 Å². The lowest BCUT2D eigenvalue weighted by molar-refractivity contribution is -0.127. The van der Waals surface area contributed by atoms with Gasteiger partial charge in [0.1, 0.15) is 5.78 Å². The first kappa shape index (κ1) is 26.7. The Labute approximate surface area is 181 Å². The minimum Gasteiger partial charge on any atom is -0.379 e. The summed E-state index contributed by atoms with van der Waals surface area (Å²) in [6.45, 7) is 17.0. The summed E-state index contributed by atoms with van der Waals surface area (Å²) in [5.41, 5.74) is 0.760. The number of nitrogens with zero attached hydrogens (tertiary/aromatic N) is 3. The molecule has 0 amide bonds. The number of carbonyl (C=O) groups excluding carboxylic acids is 1. The molecule has 1 rings (SSSR count). The van der Waals surface area contributed by atoms with Gasteiger partial charge >= 0.3 is 0 Å². The molecule has 1 aromatic rings. The van der Waals surface area contributed by atoms with E-state index in [1.165, 1.54) is 0 Å². The molecule has 0 aliphatic rings. The maximum Gasteiger partial charge on any atom is 0.140 e. The van der Waals surface area contributed by atoms with Crippen molar-refractivity contribution in [1.29, 1.82) is 0 Å². The van der Waals surface area contributed by atoms with Crippen LogP contribution in [0.1, 0.15) is 60.1 Å². The van der Waals surface area contributed by atoms with E-state index in [1.54, 1.807) is 0 Å². The van der Waals surface area contributed by atoms with E-state index in [0.717, 1.165) is 12.1 Å². The number of carbonyl (C=O) groups is 1. The SMILES string of the molecule is CCC(C)(C)c1cn(CCOCCOCCOCCOCCC(=O)C(C)(C)C)nn1. The van der Waals surface area contributed by atoms with Gasteiger partial charge in [-0.2, -0.15) is 0 Å².